The average Bonchev–Trinajstić information content (AvgIpc) is 1.88. The van der Waals surface area contributed by atoms with Crippen LogP contribution in [0, 0.1) is 0 Å². The number of nitrogens with one attached hydrogen (secondary N) is 1. The Hall–Kier alpha value is -0.760. The quantitative estimate of drug-likeness (QED) is 0.591. The maximum absolute atomic E-state index is 5.61. The lowest BCUT2D eigenvalue weighted by Crippen LogP contribution is -2.13. The lowest BCUT2D eigenvalue weighted by Gasteiger charge is -2.09. The van der Waals surface area contributed by atoms with Gasteiger partial charge in [0.15, 0.2) is 0 Å². The molecule has 1 aliphatic carbocycles. The summed E-state index contributed by atoms with van der Waals surface area (Å²) in [6, 6.07) is 0. The predicted octanol–water partition coefficient (Wildman–Crippen LogP) is 0.769. The molecule has 0 aromatic heterocycles. The second kappa shape index (κ2) is 3.42. The van der Waals surface area contributed by atoms with Gasteiger partial charge in [-0.25, -0.2) is 0 Å². The molecule has 0 unspecified atom stereocenters. The van der Waals surface area contributed by atoms with Gasteiger partial charge in [-0.05, 0) is 26.0 Å². The molecule has 0 aliphatic heterocycles. The summed E-state index contributed by atoms with van der Waals surface area (Å²) in [7, 11) is 1.95. The highest BCUT2D eigenvalue weighted by Crippen LogP contribution is 2.12. The average molecular weight is 138 g/mol. The largest absolute Gasteiger partial charge is 0.399 e. The van der Waals surface area contributed by atoms with Gasteiger partial charge >= 0.3 is 0 Å². The molecule has 0 aromatic carbocycles. The fraction of sp³-hybridized carbons (Fsp3) is 0.500. The normalized spacial score (nSPS) is 18.1. The third-order valence-corrected chi connectivity index (χ3v) is 1.62. The molecule has 0 amide bonds. The van der Waals surface area contributed by atoms with Crippen LogP contribution in [0.5, 0.6) is 0 Å². The number of rotatable bonds is 2. The molecule has 0 saturated heterocycles. The van der Waals surface area contributed by atoms with E-state index in [1.807, 2.05) is 7.05 Å². The lowest BCUT2D eigenvalue weighted by atomic mass is 10.0. The van der Waals surface area contributed by atoms with Crippen molar-refractivity contribution in [2.24, 2.45) is 5.73 Å². The zero-order valence-electron chi connectivity index (χ0n) is 6.35. The monoisotopic (exact) mass is 138 g/mol. The van der Waals surface area contributed by atoms with Crippen LogP contribution in [0.1, 0.15) is 12.8 Å². The maximum Gasteiger partial charge on any atom is 0.0273 e. The molecule has 0 spiro atoms. The first-order chi connectivity index (χ1) is 4.83. The van der Waals surface area contributed by atoms with Gasteiger partial charge < -0.3 is 11.1 Å². The zero-order valence-corrected chi connectivity index (χ0v) is 6.35. The highest BCUT2D eigenvalue weighted by atomic mass is 14.8. The fourth-order valence-corrected chi connectivity index (χ4v) is 1.16. The van der Waals surface area contributed by atoms with Crippen molar-refractivity contribution in [2.45, 2.75) is 12.8 Å². The van der Waals surface area contributed by atoms with Crippen LogP contribution in [0.2, 0.25) is 0 Å². The van der Waals surface area contributed by atoms with Crippen molar-refractivity contribution in [3.05, 3.63) is 23.4 Å². The minimum Gasteiger partial charge on any atom is -0.399 e. The molecular weight excluding hydrogens is 124 g/mol. The Labute approximate surface area is 61.8 Å². The van der Waals surface area contributed by atoms with Crippen molar-refractivity contribution in [2.75, 3.05) is 13.6 Å². The third-order valence-electron chi connectivity index (χ3n) is 1.62. The number of likely N-dealkylation sites (N-methyl/N-ethyl adjacent to an activating group) is 1. The van der Waals surface area contributed by atoms with Gasteiger partial charge in [0, 0.05) is 12.2 Å². The van der Waals surface area contributed by atoms with Crippen molar-refractivity contribution in [1.29, 1.82) is 0 Å². The molecule has 10 heavy (non-hydrogen) atoms. The zero-order chi connectivity index (χ0) is 7.40. The van der Waals surface area contributed by atoms with Gasteiger partial charge in [-0.1, -0.05) is 11.6 Å². The van der Waals surface area contributed by atoms with E-state index in [4.69, 9.17) is 5.73 Å². The molecular formula is C8H14N2. The molecule has 56 valence electrons. The van der Waals surface area contributed by atoms with Crippen molar-refractivity contribution in [3.8, 4) is 0 Å². The van der Waals surface area contributed by atoms with Crippen molar-refractivity contribution in [1.82, 2.24) is 5.32 Å². The molecule has 1 rings (SSSR count). The number of allylic oxidation sites excluding steroid dienone is 2. The highest BCUT2D eigenvalue weighted by molar-refractivity contribution is 5.25. The van der Waals surface area contributed by atoms with Crippen LogP contribution in [-0.4, -0.2) is 13.6 Å². The van der Waals surface area contributed by atoms with Crippen LogP contribution >= 0.6 is 0 Å². The Morgan fingerprint density at radius 3 is 3.10 bits per heavy atom. The summed E-state index contributed by atoms with van der Waals surface area (Å²) in [5.74, 6) is 0. The second-order valence-corrected chi connectivity index (χ2v) is 2.58. The Balaban J connectivity index is 2.51. The first-order valence-electron chi connectivity index (χ1n) is 3.62. The molecule has 0 saturated carbocycles. The Morgan fingerprint density at radius 2 is 2.50 bits per heavy atom. The van der Waals surface area contributed by atoms with Crippen molar-refractivity contribution < 1.29 is 0 Å². The van der Waals surface area contributed by atoms with Gasteiger partial charge in [0.1, 0.15) is 0 Å². The van der Waals surface area contributed by atoms with Gasteiger partial charge in [0.05, 0.1) is 0 Å². The van der Waals surface area contributed by atoms with Gasteiger partial charge in [-0.3, -0.25) is 0 Å². The molecule has 0 bridgehead atoms. The number of nitrogens with two attached hydrogens (primary N) is 1. The summed E-state index contributed by atoms with van der Waals surface area (Å²) < 4.78 is 0. The Morgan fingerprint density at radius 1 is 1.70 bits per heavy atom. The number of hydrogen-bond acceptors (Lipinski definition) is 2. The van der Waals surface area contributed by atoms with Crippen molar-refractivity contribution in [3.63, 3.8) is 0 Å². The first kappa shape index (κ1) is 7.35. The van der Waals surface area contributed by atoms with E-state index >= 15 is 0 Å². The van der Waals surface area contributed by atoms with Gasteiger partial charge in [-0.2, -0.15) is 0 Å². The van der Waals surface area contributed by atoms with Crippen LogP contribution in [0.15, 0.2) is 23.4 Å². The van der Waals surface area contributed by atoms with Crippen LogP contribution in [0.4, 0.5) is 0 Å². The van der Waals surface area contributed by atoms with Crippen LogP contribution in [0.3, 0.4) is 0 Å². The van der Waals surface area contributed by atoms with E-state index in [1.54, 1.807) is 0 Å². The molecule has 0 radical (unpaired) electrons. The Kier molecular flexibility index (Phi) is 2.51. The summed E-state index contributed by atoms with van der Waals surface area (Å²) in [5, 5.41) is 3.11. The van der Waals surface area contributed by atoms with E-state index in [-0.39, 0.29) is 0 Å². The molecule has 0 heterocycles. The van der Waals surface area contributed by atoms with E-state index in [0.29, 0.717) is 0 Å². The molecule has 2 heteroatoms. The van der Waals surface area contributed by atoms with Gasteiger partial charge in [0.25, 0.3) is 0 Å². The minimum absolute atomic E-state index is 0.913. The standard InChI is InChI=1S/C8H14N2/c1-10-6-7-3-2-4-8(9)5-7/h4-5,10H,2-3,6,9H2,1H3. The SMILES string of the molecule is CNCC1=CC(N)=CCC1. The van der Waals surface area contributed by atoms with Crippen LogP contribution < -0.4 is 11.1 Å². The number of hydrogen-bond donors (Lipinski definition) is 2. The summed E-state index contributed by atoms with van der Waals surface area (Å²) in [5.41, 5.74) is 7.93. The van der Waals surface area contributed by atoms with E-state index in [1.165, 1.54) is 5.57 Å². The van der Waals surface area contributed by atoms with Gasteiger partial charge in [-0.15, -0.1) is 0 Å². The molecule has 0 fully saturated rings. The molecule has 0 aromatic rings. The van der Waals surface area contributed by atoms with Crippen LogP contribution in [0.25, 0.3) is 0 Å². The van der Waals surface area contributed by atoms with E-state index < -0.39 is 0 Å². The van der Waals surface area contributed by atoms with E-state index in [2.05, 4.69) is 17.5 Å². The lowest BCUT2D eigenvalue weighted by molar-refractivity contribution is 0.808. The van der Waals surface area contributed by atoms with E-state index in [0.717, 1.165) is 25.1 Å². The van der Waals surface area contributed by atoms with Crippen molar-refractivity contribution >= 4 is 0 Å². The molecule has 2 nitrogen and oxygen atoms in total. The smallest absolute Gasteiger partial charge is 0.0273 e. The van der Waals surface area contributed by atoms with Crippen LogP contribution in [-0.2, 0) is 0 Å². The summed E-state index contributed by atoms with van der Waals surface area (Å²) in [6.45, 7) is 0.967. The predicted molar refractivity (Wildman–Crippen MR) is 43.5 cm³/mol. The summed E-state index contributed by atoms with van der Waals surface area (Å²) in [4.78, 5) is 0. The first-order valence-corrected chi connectivity index (χ1v) is 3.62. The second-order valence-electron chi connectivity index (χ2n) is 2.58. The highest BCUT2D eigenvalue weighted by Gasteiger charge is 2.00. The fourth-order valence-electron chi connectivity index (χ4n) is 1.16. The summed E-state index contributed by atoms with van der Waals surface area (Å²) in [6.07, 6.45) is 6.38. The minimum atomic E-state index is 0.913. The van der Waals surface area contributed by atoms with Gasteiger partial charge in [0.2, 0.25) is 0 Å². The molecule has 1 aliphatic rings. The molecule has 3 N–H and O–H groups in total. The van der Waals surface area contributed by atoms with E-state index in [9.17, 15) is 0 Å². The Bertz CT molecular complexity index is 168. The summed E-state index contributed by atoms with van der Waals surface area (Å²) >= 11 is 0. The third kappa shape index (κ3) is 1.88. The topological polar surface area (TPSA) is 38.0 Å². The molecule has 0 atom stereocenters. The maximum atomic E-state index is 5.61.